The maximum Gasteiger partial charge on any atom is 0.312 e. The average molecular weight is 226 g/mol. The summed E-state index contributed by atoms with van der Waals surface area (Å²) in [5.74, 6) is 1.01. The molecule has 3 heterocycles. The minimum Gasteiger partial charge on any atom is -0.415 e. The summed E-state index contributed by atoms with van der Waals surface area (Å²) in [5, 5.41) is 0. The van der Waals surface area contributed by atoms with Crippen molar-refractivity contribution < 1.29 is 14.0 Å². The van der Waals surface area contributed by atoms with Crippen LogP contribution in [0.2, 0.25) is 0 Å². The fourth-order valence-electron chi connectivity index (χ4n) is 2.84. The normalized spacial score (nSPS) is 34.8. The molecule has 0 spiro atoms. The molecule has 0 N–H and O–H groups in total. The Hall–Kier alpha value is -0.570. The first kappa shape index (κ1) is 11.9. The molecule has 3 saturated heterocycles. The SMILES string of the molecule is CCC(C)C(=O)OC[N+]12CCC(CC1)CC2. The maximum atomic E-state index is 11.7. The van der Waals surface area contributed by atoms with Crippen molar-refractivity contribution in [2.45, 2.75) is 39.5 Å². The first-order chi connectivity index (χ1) is 7.65. The Morgan fingerprint density at radius 2 is 1.88 bits per heavy atom. The zero-order chi connectivity index (χ0) is 11.6. The zero-order valence-electron chi connectivity index (χ0n) is 10.6. The van der Waals surface area contributed by atoms with Crippen molar-refractivity contribution in [3.05, 3.63) is 0 Å². The molecule has 0 saturated carbocycles. The van der Waals surface area contributed by atoms with Gasteiger partial charge < -0.3 is 4.74 Å². The second-order valence-electron chi connectivity index (χ2n) is 5.65. The summed E-state index contributed by atoms with van der Waals surface area (Å²) < 4.78 is 6.53. The third-order valence-electron chi connectivity index (χ3n) is 4.53. The lowest BCUT2D eigenvalue weighted by Crippen LogP contribution is -2.59. The van der Waals surface area contributed by atoms with E-state index in [9.17, 15) is 4.79 Å². The molecule has 3 nitrogen and oxygen atoms in total. The van der Waals surface area contributed by atoms with E-state index in [2.05, 4.69) is 0 Å². The van der Waals surface area contributed by atoms with Crippen LogP contribution in [0.25, 0.3) is 0 Å². The molecule has 3 fully saturated rings. The van der Waals surface area contributed by atoms with E-state index in [1.807, 2.05) is 13.8 Å². The predicted octanol–water partition coefficient (Wildman–Crippen LogP) is 2.16. The number of ether oxygens (including phenoxy) is 1. The Kier molecular flexibility index (Phi) is 3.53. The van der Waals surface area contributed by atoms with Gasteiger partial charge >= 0.3 is 5.97 Å². The van der Waals surface area contributed by atoms with Gasteiger partial charge in [-0.25, -0.2) is 0 Å². The molecule has 1 atom stereocenters. The number of rotatable bonds is 4. The first-order valence-corrected chi connectivity index (χ1v) is 6.67. The number of fused-ring (bicyclic) bond motifs is 3. The fourth-order valence-corrected chi connectivity index (χ4v) is 2.84. The Bertz CT molecular complexity index is 243. The number of carbonyl (C=O) groups excluding carboxylic acids is 1. The number of carbonyl (C=O) groups is 1. The number of quaternary nitrogens is 1. The quantitative estimate of drug-likeness (QED) is 0.542. The number of hydrogen-bond donors (Lipinski definition) is 0. The molecule has 16 heavy (non-hydrogen) atoms. The van der Waals surface area contributed by atoms with E-state index in [-0.39, 0.29) is 11.9 Å². The topological polar surface area (TPSA) is 26.3 Å². The highest BCUT2D eigenvalue weighted by atomic mass is 16.5. The molecule has 3 aliphatic rings. The van der Waals surface area contributed by atoms with Gasteiger partial charge in [-0.15, -0.1) is 0 Å². The molecule has 92 valence electrons. The lowest BCUT2D eigenvalue weighted by Gasteiger charge is -2.48. The van der Waals surface area contributed by atoms with Crippen molar-refractivity contribution >= 4 is 5.97 Å². The summed E-state index contributed by atoms with van der Waals surface area (Å²) in [6, 6.07) is 0. The van der Waals surface area contributed by atoms with Gasteiger partial charge in [0.05, 0.1) is 25.6 Å². The summed E-state index contributed by atoms with van der Waals surface area (Å²) in [4.78, 5) is 11.7. The minimum absolute atomic E-state index is 0.0114. The highest BCUT2D eigenvalue weighted by molar-refractivity contribution is 5.71. The van der Waals surface area contributed by atoms with Gasteiger partial charge in [-0.3, -0.25) is 9.28 Å². The van der Waals surface area contributed by atoms with E-state index in [1.54, 1.807) is 0 Å². The molecular formula is C13H24NO2+. The van der Waals surface area contributed by atoms with Gasteiger partial charge in [0.25, 0.3) is 0 Å². The average Bonchev–Trinajstić information content (AvgIpc) is 2.37. The molecule has 3 aliphatic heterocycles. The Morgan fingerprint density at radius 3 is 2.38 bits per heavy atom. The van der Waals surface area contributed by atoms with Crippen LogP contribution in [0.3, 0.4) is 0 Å². The number of piperidine rings is 3. The molecular weight excluding hydrogens is 202 g/mol. The summed E-state index contributed by atoms with van der Waals surface area (Å²) in [7, 11) is 0. The van der Waals surface area contributed by atoms with Crippen LogP contribution < -0.4 is 0 Å². The lowest BCUT2D eigenvalue weighted by molar-refractivity contribution is -0.957. The molecule has 3 heteroatoms. The molecule has 1 unspecified atom stereocenters. The largest absolute Gasteiger partial charge is 0.415 e. The van der Waals surface area contributed by atoms with Crippen molar-refractivity contribution in [2.75, 3.05) is 26.4 Å². The molecule has 3 rings (SSSR count). The standard InChI is InChI=1S/C13H24NO2/c1-3-11(2)13(15)16-10-14-7-4-12(5-8-14)6-9-14/h11-12H,3-10H2,1-2H3/q+1. The predicted molar refractivity (Wildman–Crippen MR) is 62.6 cm³/mol. The van der Waals surface area contributed by atoms with Crippen molar-refractivity contribution in [1.82, 2.24) is 0 Å². The van der Waals surface area contributed by atoms with E-state index in [0.717, 1.165) is 16.8 Å². The first-order valence-electron chi connectivity index (χ1n) is 6.67. The highest BCUT2D eigenvalue weighted by Gasteiger charge is 2.40. The molecule has 0 amide bonds. The molecule has 0 aromatic heterocycles. The van der Waals surface area contributed by atoms with Gasteiger partial charge in [-0.05, 0) is 31.6 Å². The molecule has 0 aliphatic carbocycles. The Labute approximate surface area is 98.4 Å². The number of esters is 1. The van der Waals surface area contributed by atoms with Gasteiger partial charge in [0.15, 0.2) is 0 Å². The lowest BCUT2D eigenvalue weighted by atomic mass is 9.86. The Morgan fingerprint density at radius 1 is 1.31 bits per heavy atom. The van der Waals surface area contributed by atoms with Gasteiger partial charge in [-0.1, -0.05) is 13.8 Å². The smallest absolute Gasteiger partial charge is 0.312 e. The van der Waals surface area contributed by atoms with Crippen LogP contribution in [0.5, 0.6) is 0 Å². The van der Waals surface area contributed by atoms with E-state index in [1.165, 1.54) is 38.9 Å². The van der Waals surface area contributed by atoms with Crippen LogP contribution in [0.1, 0.15) is 39.5 Å². The van der Waals surface area contributed by atoms with E-state index >= 15 is 0 Å². The second kappa shape index (κ2) is 4.74. The van der Waals surface area contributed by atoms with Crippen LogP contribution in [-0.2, 0) is 9.53 Å². The van der Waals surface area contributed by atoms with Gasteiger partial charge in [0.2, 0.25) is 6.73 Å². The van der Waals surface area contributed by atoms with E-state index < -0.39 is 0 Å². The van der Waals surface area contributed by atoms with Crippen LogP contribution in [0.15, 0.2) is 0 Å². The molecule has 0 radical (unpaired) electrons. The second-order valence-corrected chi connectivity index (χ2v) is 5.65. The van der Waals surface area contributed by atoms with E-state index in [4.69, 9.17) is 4.74 Å². The third-order valence-corrected chi connectivity index (χ3v) is 4.53. The monoisotopic (exact) mass is 226 g/mol. The van der Waals surface area contributed by atoms with Crippen molar-refractivity contribution in [2.24, 2.45) is 11.8 Å². The van der Waals surface area contributed by atoms with Crippen LogP contribution in [0.4, 0.5) is 0 Å². The van der Waals surface area contributed by atoms with E-state index in [0.29, 0.717) is 6.73 Å². The minimum atomic E-state index is -0.0114. The molecule has 0 aromatic carbocycles. The summed E-state index contributed by atoms with van der Waals surface area (Å²) in [5.41, 5.74) is 0. The van der Waals surface area contributed by atoms with Crippen molar-refractivity contribution in [1.29, 1.82) is 0 Å². The van der Waals surface area contributed by atoms with Gasteiger partial charge in [0.1, 0.15) is 0 Å². The fraction of sp³-hybridized carbons (Fsp3) is 0.923. The molecule has 2 bridgehead atoms. The summed E-state index contributed by atoms with van der Waals surface area (Å²) in [6.45, 7) is 8.26. The summed E-state index contributed by atoms with van der Waals surface area (Å²) >= 11 is 0. The van der Waals surface area contributed by atoms with Crippen LogP contribution >= 0.6 is 0 Å². The van der Waals surface area contributed by atoms with Gasteiger partial charge in [-0.2, -0.15) is 0 Å². The summed E-state index contributed by atoms with van der Waals surface area (Å²) in [6.07, 6.45) is 4.88. The van der Waals surface area contributed by atoms with Crippen molar-refractivity contribution in [3.8, 4) is 0 Å². The number of hydrogen-bond acceptors (Lipinski definition) is 2. The van der Waals surface area contributed by atoms with Gasteiger partial charge in [0, 0.05) is 0 Å². The Balaban J connectivity index is 1.82. The number of nitrogens with zero attached hydrogens (tertiary/aromatic N) is 1. The highest BCUT2D eigenvalue weighted by Crippen LogP contribution is 2.33. The van der Waals surface area contributed by atoms with Crippen LogP contribution in [-0.4, -0.2) is 36.8 Å². The third kappa shape index (κ3) is 2.40. The van der Waals surface area contributed by atoms with Crippen molar-refractivity contribution in [3.63, 3.8) is 0 Å². The van der Waals surface area contributed by atoms with Crippen LogP contribution in [0, 0.1) is 11.8 Å². The molecule has 0 aromatic rings. The maximum absolute atomic E-state index is 11.7. The zero-order valence-corrected chi connectivity index (χ0v) is 10.6.